The smallest absolute Gasteiger partial charge is 0.0982 e. The summed E-state index contributed by atoms with van der Waals surface area (Å²) in [6.07, 6.45) is 4.74. The first-order chi connectivity index (χ1) is 7.27. The second kappa shape index (κ2) is 6.58. The summed E-state index contributed by atoms with van der Waals surface area (Å²) in [5, 5.41) is 3.31. The molecule has 4 nitrogen and oxygen atoms in total. The van der Waals surface area contributed by atoms with E-state index in [1.807, 2.05) is 6.21 Å². The van der Waals surface area contributed by atoms with E-state index in [2.05, 4.69) is 24.2 Å². The Morgan fingerprint density at radius 3 is 3.00 bits per heavy atom. The van der Waals surface area contributed by atoms with Gasteiger partial charge in [0.25, 0.3) is 0 Å². The van der Waals surface area contributed by atoms with Crippen LogP contribution in [0.1, 0.15) is 20.3 Å². The molecule has 1 fully saturated rings. The van der Waals surface area contributed by atoms with Gasteiger partial charge in [-0.3, -0.25) is 4.99 Å². The van der Waals surface area contributed by atoms with Crippen LogP contribution in [-0.2, 0) is 4.74 Å². The first kappa shape index (κ1) is 12.2. The van der Waals surface area contributed by atoms with Crippen LogP contribution in [-0.4, -0.2) is 38.1 Å². The maximum absolute atomic E-state index is 5.77. The predicted octanol–water partition coefficient (Wildman–Crippen LogP) is 0.687. The highest BCUT2D eigenvalue weighted by Gasteiger charge is 2.20. The van der Waals surface area contributed by atoms with Gasteiger partial charge < -0.3 is 15.8 Å². The highest BCUT2D eigenvalue weighted by molar-refractivity contribution is 5.79. The quantitative estimate of drug-likeness (QED) is 0.672. The molecule has 3 N–H and O–H groups in total. The summed E-state index contributed by atoms with van der Waals surface area (Å²) in [4.78, 5) is 4.28. The summed E-state index contributed by atoms with van der Waals surface area (Å²) in [7, 11) is 0. The largest absolute Gasteiger partial charge is 0.404 e. The second-order valence-corrected chi connectivity index (χ2v) is 3.80. The van der Waals surface area contributed by atoms with Crippen molar-refractivity contribution in [1.29, 1.82) is 0 Å². The summed E-state index contributed by atoms with van der Waals surface area (Å²) in [6.45, 7) is 6.71. The van der Waals surface area contributed by atoms with E-state index in [0.717, 1.165) is 31.6 Å². The van der Waals surface area contributed by atoms with E-state index in [4.69, 9.17) is 10.5 Å². The lowest BCUT2D eigenvalue weighted by molar-refractivity contribution is -0.00444. The molecule has 0 aromatic carbocycles. The lowest BCUT2D eigenvalue weighted by Crippen LogP contribution is -2.44. The van der Waals surface area contributed by atoms with Crippen molar-refractivity contribution in [1.82, 2.24) is 5.32 Å². The van der Waals surface area contributed by atoms with E-state index >= 15 is 0 Å². The van der Waals surface area contributed by atoms with Crippen molar-refractivity contribution in [2.75, 3.05) is 19.6 Å². The van der Waals surface area contributed by atoms with E-state index in [9.17, 15) is 0 Å². The number of nitrogens with two attached hydrogens (primary N) is 1. The summed E-state index contributed by atoms with van der Waals surface area (Å²) in [5.74, 6) is 0. The van der Waals surface area contributed by atoms with Crippen molar-refractivity contribution in [2.45, 2.75) is 32.5 Å². The van der Waals surface area contributed by atoms with Gasteiger partial charge in [0.15, 0.2) is 0 Å². The predicted molar refractivity (Wildman–Crippen MR) is 63.1 cm³/mol. The van der Waals surface area contributed by atoms with Crippen LogP contribution < -0.4 is 11.1 Å². The molecule has 0 bridgehead atoms. The molecule has 0 aromatic rings. The van der Waals surface area contributed by atoms with Crippen molar-refractivity contribution in [3.05, 3.63) is 11.8 Å². The molecule has 0 spiro atoms. The van der Waals surface area contributed by atoms with Gasteiger partial charge in [-0.2, -0.15) is 0 Å². The molecule has 4 heteroatoms. The van der Waals surface area contributed by atoms with Crippen molar-refractivity contribution in [3.63, 3.8) is 0 Å². The van der Waals surface area contributed by atoms with Crippen molar-refractivity contribution in [2.24, 2.45) is 10.7 Å². The van der Waals surface area contributed by atoms with Crippen LogP contribution in [0, 0.1) is 0 Å². The van der Waals surface area contributed by atoms with Crippen LogP contribution >= 0.6 is 0 Å². The zero-order valence-corrected chi connectivity index (χ0v) is 9.57. The first-order valence-corrected chi connectivity index (χ1v) is 5.55. The molecule has 1 heterocycles. The van der Waals surface area contributed by atoms with Gasteiger partial charge in [0.2, 0.25) is 0 Å². The van der Waals surface area contributed by atoms with Gasteiger partial charge in [-0.15, -0.1) is 0 Å². The third-order valence-corrected chi connectivity index (χ3v) is 2.32. The maximum Gasteiger partial charge on any atom is 0.0982 e. The topological polar surface area (TPSA) is 59.6 Å². The van der Waals surface area contributed by atoms with Crippen LogP contribution in [0.25, 0.3) is 0 Å². The van der Waals surface area contributed by atoms with E-state index in [1.165, 1.54) is 0 Å². The molecule has 0 saturated carbocycles. The molecule has 2 atom stereocenters. The number of rotatable bonds is 4. The van der Waals surface area contributed by atoms with E-state index in [0.29, 0.717) is 0 Å². The summed E-state index contributed by atoms with van der Waals surface area (Å²) < 4.78 is 5.77. The molecule has 15 heavy (non-hydrogen) atoms. The SMILES string of the molecule is CCCN=C/C(=C\N)C1CNCC(C)O1. The lowest BCUT2D eigenvalue weighted by Gasteiger charge is -2.29. The maximum atomic E-state index is 5.77. The molecule has 1 aliphatic rings. The van der Waals surface area contributed by atoms with E-state index in [1.54, 1.807) is 6.20 Å². The Morgan fingerprint density at radius 1 is 1.60 bits per heavy atom. The fourth-order valence-corrected chi connectivity index (χ4v) is 1.52. The molecular weight excluding hydrogens is 190 g/mol. The molecule has 1 aliphatic heterocycles. The minimum atomic E-state index is 0.0411. The van der Waals surface area contributed by atoms with Gasteiger partial charge in [0.1, 0.15) is 0 Å². The Labute approximate surface area is 91.6 Å². The molecule has 0 aromatic heterocycles. The Kier molecular flexibility index (Phi) is 5.36. The average molecular weight is 211 g/mol. The van der Waals surface area contributed by atoms with E-state index < -0.39 is 0 Å². The minimum absolute atomic E-state index is 0.0411. The summed E-state index contributed by atoms with van der Waals surface area (Å²) >= 11 is 0. The molecule has 1 rings (SSSR count). The van der Waals surface area contributed by atoms with Crippen molar-refractivity contribution in [3.8, 4) is 0 Å². The molecular formula is C11H21N3O. The van der Waals surface area contributed by atoms with Crippen molar-refractivity contribution >= 4 is 6.21 Å². The standard InChI is InChI=1S/C11H21N3O/c1-3-4-13-7-10(5-12)11-8-14-6-9(2)15-11/h5,7,9,11,14H,3-4,6,8,12H2,1-2H3/b10-5+,13-7?. The van der Waals surface area contributed by atoms with Crippen LogP contribution in [0.3, 0.4) is 0 Å². The van der Waals surface area contributed by atoms with Gasteiger partial charge >= 0.3 is 0 Å². The number of hydrogen-bond acceptors (Lipinski definition) is 4. The Balaban J connectivity index is 2.50. The average Bonchev–Trinajstić information content (AvgIpc) is 2.24. The fourth-order valence-electron chi connectivity index (χ4n) is 1.52. The van der Waals surface area contributed by atoms with Crippen LogP contribution in [0.4, 0.5) is 0 Å². The molecule has 86 valence electrons. The molecule has 0 aliphatic carbocycles. The zero-order valence-electron chi connectivity index (χ0n) is 9.57. The number of nitrogens with zero attached hydrogens (tertiary/aromatic N) is 1. The molecule has 1 saturated heterocycles. The van der Waals surface area contributed by atoms with Gasteiger partial charge in [-0.05, 0) is 13.3 Å². The Hall–Kier alpha value is -0.870. The summed E-state index contributed by atoms with van der Waals surface area (Å²) in [5.41, 5.74) is 6.53. The number of nitrogens with one attached hydrogen (secondary N) is 1. The third kappa shape index (κ3) is 4.01. The minimum Gasteiger partial charge on any atom is -0.404 e. The number of ether oxygens (including phenoxy) is 1. The monoisotopic (exact) mass is 211 g/mol. The zero-order chi connectivity index (χ0) is 11.1. The molecule has 2 unspecified atom stereocenters. The van der Waals surface area contributed by atoms with Gasteiger partial charge in [-0.1, -0.05) is 6.92 Å². The van der Waals surface area contributed by atoms with Gasteiger partial charge in [0, 0.05) is 37.6 Å². The highest BCUT2D eigenvalue weighted by Crippen LogP contribution is 2.10. The fraction of sp³-hybridized carbons (Fsp3) is 0.727. The van der Waals surface area contributed by atoms with E-state index in [-0.39, 0.29) is 12.2 Å². The van der Waals surface area contributed by atoms with Crippen LogP contribution in [0.5, 0.6) is 0 Å². The first-order valence-electron chi connectivity index (χ1n) is 5.55. The van der Waals surface area contributed by atoms with Crippen molar-refractivity contribution < 1.29 is 4.74 Å². The normalized spacial score (nSPS) is 28.5. The number of hydrogen-bond donors (Lipinski definition) is 2. The second-order valence-electron chi connectivity index (χ2n) is 3.80. The van der Waals surface area contributed by atoms with Gasteiger partial charge in [0.05, 0.1) is 12.2 Å². The highest BCUT2D eigenvalue weighted by atomic mass is 16.5. The lowest BCUT2D eigenvalue weighted by atomic mass is 10.1. The van der Waals surface area contributed by atoms with Gasteiger partial charge in [-0.25, -0.2) is 0 Å². The Bertz CT molecular complexity index is 238. The molecule has 0 amide bonds. The summed E-state index contributed by atoms with van der Waals surface area (Å²) in [6, 6.07) is 0. The number of morpholine rings is 1. The van der Waals surface area contributed by atoms with Crippen LogP contribution in [0.2, 0.25) is 0 Å². The Morgan fingerprint density at radius 2 is 2.40 bits per heavy atom. The van der Waals surface area contributed by atoms with Crippen LogP contribution in [0.15, 0.2) is 16.8 Å². The number of aliphatic imine (C=N–C) groups is 1. The molecule has 0 radical (unpaired) electrons. The third-order valence-electron chi connectivity index (χ3n) is 2.32.